The SMILES string of the molecule is Nc1cc2cc(Cl)c(Oc3cccc(Cl)c3Cl)cc2[nH]1. The van der Waals surface area contributed by atoms with E-state index in [2.05, 4.69) is 4.98 Å². The molecule has 102 valence electrons. The van der Waals surface area contributed by atoms with Crippen LogP contribution < -0.4 is 10.5 Å². The van der Waals surface area contributed by atoms with Crippen molar-refractivity contribution in [3.05, 3.63) is 51.5 Å². The molecule has 0 saturated carbocycles. The van der Waals surface area contributed by atoms with E-state index in [4.69, 9.17) is 45.3 Å². The topological polar surface area (TPSA) is 51.0 Å². The molecule has 0 bridgehead atoms. The maximum Gasteiger partial charge on any atom is 0.148 e. The number of H-pyrrole nitrogens is 1. The molecule has 0 amide bonds. The molecule has 0 aliphatic carbocycles. The molecule has 3 rings (SSSR count). The summed E-state index contributed by atoms with van der Waals surface area (Å²) >= 11 is 18.2. The van der Waals surface area contributed by atoms with Gasteiger partial charge in [-0.2, -0.15) is 0 Å². The minimum atomic E-state index is 0.344. The number of hydrogen-bond acceptors (Lipinski definition) is 2. The quantitative estimate of drug-likeness (QED) is 0.652. The number of benzene rings is 2. The Morgan fingerprint density at radius 2 is 1.75 bits per heavy atom. The zero-order valence-corrected chi connectivity index (χ0v) is 12.4. The lowest BCUT2D eigenvalue weighted by Crippen LogP contribution is -1.87. The summed E-state index contributed by atoms with van der Waals surface area (Å²) in [6, 6.07) is 10.5. The molecule has 3 aromatic rings. The molecule has 0 aliphatic heterocycles. The van der Waals surface area contributed by atoms with E-state index in [0.717, 1.165) is 10.9 Å². The summed E-state index contributed by atoms with van der Waals surface area (Å²) in [5.74, 6) is 1.49. The lowest BCUT2D eigenvalue weighted by Gasteiger charge is -2.10. The van der Waals surface area contributed by atoms with Gasteiger partial charge in [0.1, 0.15) is 22.3 Å². The molecule has 0 atom stereocenters. The fourth-order valence-corrected chi connectivity index (χ4v) is 2.46. The average Bonchev–Trinajstić information content (AvgIpc) is 2.74. The van der Waals surface area contributed by atoms with Gasteiger partial charge in [0.25, 0.3) is 0 Å². The van der Waals surface area contributed by atoms with Crippen LogP contribution in [0.2, 0.25) is 15.1 Å². The van der Waals surface area contributed by atoms with Crippen LogP contribution in [0.15, 0.2) is 36.4 Å². The van der Waals surface area contributed by atoms with Crippen molar-refractivity contribution >= 4 is 51.5 Å². The lowest BCUT2D eigenvalue weighted by molar-refractivity contribution is 0.484. The van der Waals surface area contributed by atoms with Crippen molar-refractivity contribution < 1.29 is 4.74 Å². The average molecular weight is 328 g/mol. The maximum atomic E-state index is 6.20. The molecule has 0 spiro atoms. The Hall–Kier alpha value is -1.55. The molecular weight excluding hydrogens is 319 g/mol. The molecule has 0 unspecified atom stereocenters. The number of ether oxygens (including phenoxy) is 1. The second-order valence-electron chi connectivity index (χ2n) is 4.25. The fourth-order valence-electron chi connectivity index (χ4n) is 1.92. The molecule has 0 fully saturated rings. The lowest BCUT2D eigenvalue weighted by atomic mass is 10.2. The zero-order chi connectivity index (χ0) is 14.3. The molecule has 20 heavy (non-hydrogen) atoms. The van der Waals surface area contributed by atoms with Crippen molar-refractivity contribution in [2.75, 3.05) is 5.73 Å². The summed E-state index contributed by atoms with van der Waals surface area (Å²) in [7, 11) is 0. The largest absolute Gasteiger partial charge is 0.454 e. The number of nitrogens with two attached hydrogens (primary N) is 1. The third-order valence-corrected chi connectivity index (χ3v) is 3.93. The Balaban J connectivity index is 2.05. The summed E-state index contributed by atoms with van der Waals surface area (Å²) in [6.07, 6.45) is 0. The van der Waals surface area contributed by atoms with Crippen LogP contribution in [0.1, 0.15) is 0 Å². The highest BCUT2D eigenvalue weighted by Gasteiger charge is 2.11. The van der Waals surface area contributed by atoms with Crippen molar-refractivity contribution in [3.63, 3.8) is 0 Å². The van der Waals surface area contributed by atoms with Gasteiger partial charge in [-0.05, 0) is 24.3 Å². The van der Waals surface area contributed by atoms with Crippen molar-refractivity contribution in [2.24, 2.45) is 0 Å². The number of rotatable bonds is 2. The number of halogens is 3. The van der Waals surface area contributed by atoms with Gasteiger partial charge in [-0.3, -0.25) is 0 Å². The zero-order valence-electron chi connectivity index (χ0n) is 10.1. The number of hydrogen-bond donors (Lipinski definition) is 2. The van der Waals surface area contributed by atoms with Gasteiger partial charge >= 0.3 is 0 Å². The van der Waals surface area contributed by atoms with E-state index in [0.29, 0.717) is 32.4 Å². The van der Waals surface area contributed by atoms with E-state index >= 15 is 0 Å². The maximum absolute atomic E-state index is 6.20. The normalized spacial score (nSPS) is 10.9. The Bertz CT molecular complexity index is 798. The number of fused-ring (bicyclic) bond motifs is 1. The number of aromatic amines is 1. The van der Waals surface area contributed by atoms with Gasteiger partial charge in [-0.15, -0.1) is 0 Å². The first-order valence-corrected chi connectivity index (χ1v) is 6.87. The van der Waals surface area contributed by atoms with E-state index in [9.17, 15) is 0 Å². The first-order chi connectivity index (χ1) is 9.54. The molecule has 6 heteroatoms. The molecule has 3 nitrogen and oxygen atoms in total. The Morgan fingerprint density at radius 3 is 2.55 bits per heavy atom. The van der Waals surface area contributed by atoms with Crippen molar-refractivity contribution in [1.82, 2.24) is 4.98 Å². The van der Waals surface area contributed by atoms with E-state index < -0.39 is 0 Å². The van der Waals surface area contributed by atoms with E-state index in [1.807, 2.05) is 0 Å². The molecule has 3 N–H and O–H groups in total. The summed E-state index contributed by atoms with van der Waals surface area (Å²) in [4.78, 5) is 3.02. The van der Waals surface area contributed by atoms with Gasteiger partial charge < -0.3 is 15.5 Å². The Morgan fingerprint density at radius 1 is 0.950 bits per heavy atom. The minimum absolute atomic E-state index is 0.344. The number of nitrogen functional groups attached to an aromatic ring is 1. The predicted octanol–water partition coefficient (Wildman–Crippen LogP) is 5.50. The van der Waals surface area contributed by atoms with Crippen LogP contribution in [0, 0.1) is 0 Å². The highest BCUT2D eigenvalue weighted by molar-refractivity contribution is 6.43. The molecule has 1 aromatic heterocycles. The third kappa shape index (κ3) is 2.40. The van der Waals surface area contributed by atoms with Gasteiger partial charge in [-0.1, -0.05) is 40.9 Å². The van der Waals surface area contributed by atoms with Crippen LogP contribution in [-0.2, 0) is 0 Å². The number of anilines is 1. The first-order valence-electron chi connectivity index (χ1n) is 5.74. The monoisotopic (exact) mass is 326 g/mol. The molecular formula is C14H9Cl3N2O. The second kappa shape index (κ2) is 5.09. The van der Waals surface area contributed by atoms with E-state index in [-0.39, 0.29) is 0 Å². The summed E-state index contributed by atoms with van der Waals surface area (Å²) < 4.78 is 5.73. The van der Waals surface area contributed by atoms with Crippen molar-refractivity contribution in [3.8, 4) is 11.5 Å². The van der Waals surface area contributed by atoms with Crippen LogP contribution in [-0.4, -0.2) is 4.98 Å². The van der Waals surface area contributed by atoms with Crippen molar-refractivity contribution in [2.45, 2.75) is 0 Å². The molecule has 0 aliphatic rings. The Kier molecular flexibility index (Phi) is 3.42. The smallest absolute Gasteiger partial charge is 0.148 e. The van der Waals surface area contributed by atoms with Gasteiger partial charge in [0, 0.05) is 11.5 Å². The highest BCUT2D eigenvalue weighted by atomic mass is 35.5. The summed E-state index contributed by atoms with van der Waals surface area (Å²) in [5.41, 5.74) is 6.54. The third-order valence-electron chi connectivity index (χ3n) is 2.83. The van der Waals surface area contributed by atoms with Crippen LogP contribution in [0.25, 0.3) is 10.9 Å². The predicted molar refractivity (Wildman–Crippen MR) is 84.3 cm³/mol. The first kappa shape index (κ1) is 13.4. The van der Waals surface area contributed by atoms with Crippen LogP contribution >= 0.6 is 34.8 Å². The summed E-state index contributed by atoms with van der Waals surface area (Å²) in [5, 5.41) is 2.14. The number of nitrogens with one attached hydrogen (secondary N) is 1. The second-order valence-corrected chi connectivity index (χ2v) is 5.44. The van der Waals surface area contributed by atoms with Gasteiger partial charge in [-0.25, -0.2) is 0 Å². The number of aromatic nitrogens is 1. The van der Waals surface area contributed by atoms with Gasteiger partial charge in [0.05, 0.1) is 15.6 Å². The van der Waals surface area contributed by atoms with Crippen LogP contribution in [0.3, 0.4) is 0 Å². The van der Waals surface area contributed by atoms with Crippen LogP contribution in [0.5, 0.6) is 11.5 Å². The fraction of sp³-hybridized carbons (Fsp3) is 0. The summed E-state index contributed by atoms with van der Waals surface area (Å²) in [6.45, 7) is 0. The van der Waals surface area contributed by atoms with Gasteiger partial charge in [0.2, 0.25) is 0 Å². The molecule has 0 saturated heterocycles. The molecule has 1 heterocycles. The Labute approximate surface area is 130 Å². The minimum Gasteiger partial charge on any atom is -0.454 e. The molecule has 0 radical (unpaired) electrons. The van der Waals surface area contributed by atoms with Crippen molar-refractivity contribution in [1.29, 1.82) is 0 Å². The highest BCUT2D eigenvalue weighted by Crippen LogP contribution is 2.38. The standard InChI is InChI=1S/C14H9Cl3N2O/c15-8-2-1-3-11(14(8)17)20-12-6-10-7(4-9(12)16)5-13(18)19-10/h1-6,19H,18H2. The van der Waals surface area contributed by atoms with Gasteiger partial charge in [0.15, 0.2) is 0 Å². The molecule has 2 aromatic carbocycles. The van der Waals surface area contributed by atoms with E-state index in [1.165, 1.54) is 0 Å². The van der Waals surface area contributed by atoms with E-state index in [1.54, 1.807) is 36.4 Å². The van der Waals surface area contributed by atoms with Crippen LogP contribution in [0.4, 0.5) is 5.82 Å².